The van der Waals surface area contributed by atoms with Gasteiger partial charge >= 0.3 is 0 Å². The highest BCUT2D eigenvalue weighted by Crippen LogP contribution is 2.45. The van der Waals surface area contributed by atoms with Gasteiger partial charge < -0.3 is 24.4 Å². The molecule has 0 saturated carbocycles. The van der Waals surface area contributed by atoms with Gasteiger partial charge in [0.05, 0.1) is 30.6 Å². The summed E-state index contributed by atoms with van der Waals surface area (Å²) >= 11 is 0. The van der Waals surface area contributed by atoms with E-state index in [9.17, 15) is 10.1 Å². The van der Waals surface area contributed by atoms with E-state index < -0.39 is 5.92 Å². The van der Waals surface area contributed by atoms with Gasteiger partial charge in [0.2, 0.25) is 11.3 Å². The van der Waals surface area contributed by atoms with Crippen LogP contribution in [0.5, 0.6) is 17.4 Å². The lowest BCUT2D eigenvalue weighted by Crippen LogP contribution is -2.27. The van der Waals surface area contributed by atoms with Crippen LogP contribution in [0.1, 0.15) is 43.2 Å². The van der Waals surface area contributed by atoms with Crippen LogP contribution in [0.25, 0.3) is 11.0 Å². The largest absolute Gasteiger partial charge is 0.497 e. The Bertz CT molecular complexity index is 1290. The maximum Gasteiger partial charge on any atom is 0.300 e. The van der Waals surface area contributed by atoms with E-state index in [2.05, 4.69) is 13.0 Å². The molecule has 0 bridgehead atoms. The molecule has 1 unspecified atom stereocenters. The molecule has 32 heavy (non-hydrogen) atoms. The smallest absolute Gasteiger partial charge is 0.300 e. The number of ether oxygens (including phenoxy) is 3. The number of benzene rings is 2. The summed E-state index contributed by atoms with van der Waals surface area (Å²) in [6, 6.07) is 14.3. The summed E-state index contributed by atoms with van der Waals surface area (Å²) in [5.41, 5.74) is 7.15. The molecule has 1 aliphatic rings. The summed E-state index contributed by atoms with van der Waals surface area (Å²) in [6.45, 7) is 2.61. The topological polar surface area (TPSA) is 108 Å². The quantitative estimate of drug-likeness (QED) is 0.544. The van der Waals surface area contributed by atoms with E-state index in [4.69, 9.17) is 24.4 Å². The second-order valence-corrected chi connectivity index (χ2v) is 7.51. The van der Waals surface area contributed by atoms with Gasteiger partial charge in [-0.1, -0.05) is 38.0 Å². The zero-order valence-electron chi connectivity index (χ0n) is 18.0. The average molecular weight is 432 g/mol. The zero-order valence-corrected chi connectivity index (χ0v) is 18.0. The van der Waals surface area contributed by atoms with Gasteiger partial charge in [-0.3, -0.25) is 4.79 Å². The summed E-state index contributed by atoms with van der Waals surface area (Å²) in [4.78, 5) is 13.5. The number of rotatable bonds is 7. The number of para-hydroxylation sites is 1. The highest BCUT2D eigenvalue weighted by Gasteiger charge is 2.37. The molecule has 0 saturated heterocycles. The van der Waals surface area contributed by atoms with Crippen molar-refractivity contribution in [2.75, 3.05) is 13.7 Å². The van der Waals surface area contributed by atoms with Crippen LogP contribution in [0.15, 0.2) is 63.1 Å². The van der Waals surface area contributed by atoms with Crippen LogP contribution in [0.4, 0.5) is 0 Å². The SMILES string of the molecule is CCCCCOc1cc(OC)ccc1C1C(C#N)=C(N)Oc2oc3ccccc3c(=O)c21. The molecule has 7 nitrogen and oxygen atoms in total. The van der Waals surface area contributed by atoms with E-state index in [1.807, 2.05) is 0 Å². The first-order valence-electron chi connectivity index (χ1n) is 10.5. The molecule has 0 fully saturated rings. The Balaban J connectivity index is 1.92. The number of hydrogen-bond acceptors (Lipinski definition) is 7. The van der Waals surface area contributed by atoms with Crippen molar-refractivity contribution in [1.82, 2.24) is 0 Å². The molecule has 7 heteroatoms. The number of nitrogens with two attached hydrogens (primary N) is 1. The fourth-order valence-corrected chi connectivity index (χ4v) is 3.87. The van der Waals surface area contributed by atoms with Gasteiger partial charge in [0, 0.05) is 11.6 Å². The minimum atomic E-state index is -0.795. The predicted octanol–water partition coefficient (Wildman–Crippen LogP) is 4.59. The molecule has 0 aliphatic carbocycles. The monoisotopic (exact) mass is 432 g/mol. The highest BCUT2D eigenvalue weighted by molar-refractivity contribution is 5.78. The number of methoxy groups -OCH3 is 1. The third kappa shape index (κ3) is 3.76. The molecule has 1 aliphatic heterocycles. The van der Waals surface area contributed by atoms with Crippen molar-refractivity contribution in [2.45, 2.75) is 32.1 Å². The van der Waals surface area contributed by atoms with Crippen LogP contribution in [-0.4, -0.2) is 13.7 Å². The van der Waals surface area contributed by atoms with Gasteiger partial charge in [-0.15, -0.1) is 0 Å². The first kappa shape index (κ1) is 21.3. The van der Waals surface area contributed by atoms with Gasteiger partial charge in [-0.2, -0.15) is 5.26 Å². The lowest BCUT2D eigenvalue weighted by molar-refractivity contribution is 0.289. The number of fused-ring (bicyclic) bond motifs is 2. The van der Waals surface area contributed by atoms with Gasteiger partial charge in [-0.25, -0.2) is 0 Å². The van der Waals surface area contributed by atoms with Crippen LogP contribution in [0, 0.1) is 11.3 Å². The van der Waals surface area contributed by atoms with Crippen LogP contribution in [0.3, 0.4) is 0 Å². The highest BCUT2D eigenvalue weighted by atomic mass is 16.6. The molecule has 0 radical (unpaired) electrons. The number of hydrogen-bond donors (Lipinski definition) is 1. The Morgan fingerprint density at radius 1 is 1.19 bits per heavy atom. The minimum absolute atomic E-state index is 0.0112. The molecule has 164 valence electrons. The molecule has 2 N–H and O–H groups in total. The Hall–Kier alpha value is -3.92. The summed E-state index contributed by atoms with van der Waals surface area (Å²) in [5.74, 6) is 0.217. The third-order valence-corrected chi connectivity index (χ3v) is 5.50. The van der Waals surface area contributed by atoms with Gasteiger partial charge in [0.1, 0.15) is 28.7 Å². The van der Waals surface area contributed by atoms with E-state index in [-0.39, 0.29) is 28.4 Å². The maximum absolute atomic E-state index is 13.5. The lowest BCUT2D eigenvalue weighted by Gasteiger charge is -2.26. The van der Waals surface area contributed by atoms with Crippen molar-refractivity contribution in [1.29, 1.82) is 5.26 Å². The van der Waals surface area contributed by atoms with Crippen LogP contribution < -0.4 is 25.4 Å². The van der Waals surface area contributed by atoms with Crippen molar-refractivity contribution in [3.05, 3.63) is 75.3 Å². The second kappa shape index (κ2) is 9.06. The van der Waals surface area contributed by atoms with Gasteiger partial charge in [0.15, 0.2) is 0 Å². The fourth-order valence-electron chi connectivity index (χ4n) is 3.87. The molecule has 4 rings (SSSR count). The third-order valence-electron chi connectivity index (χ3n) is 5.50. The summed E-state index contributed by atoms with van der Waals surface area (Å²) in [5, 5.41) is 10.3. The van der Waals surface area contributed by atoms with Crippen molar-refractivity contribution < 1.29 is 18.6 Å². The second-order valence-electron chi connectivity index (χ2n) is 7.51. The fraction of sp³-hybridized carbons (Fsp3) is 0.280. The molecule has 3 aromatic rings. The van der Waals surface area contributed by atoms with Crippen LogP contribution in [-0.2, 0) is 0 Å². The first-order valence-corrected chi connectivity index (χ1v) is 10.5. The predicted molar refractivity (Wildman–Crippen MR) is 120 cm³/mol. The van der Waals surface area contributed by atoms with Crippen molar-refractivity contribution >= 4 is 11.0 Å². The van der Waals surface area contributed by atoms with Gasteiger partial charge in [-0.05, 0) is 24.6 Å². The van der Waals surface area contributed by atoms with E-state index in [1.54, 1.807) is 49.6 Å². The standard InChI is InChI=1S/C25H24N2O5/c1-3-4-7-12-30-20-13-15(29-2)10-11-16(20)21-18(14-26)24(27)32-25-22(21)23(28)17-8-5-6-9-19(17)31-25/h5-6,8-11,13,21H,3-4,7,12,27H2,1-2H3. The molecule has 1 aromatic heterocycles. The molecule has 0 spiro atoms. The van der Waals surface area contributed by atoms with E-state index in [0.29, 0.717) is 34.6 Å². The van der Waals surface area contributed by atoms with Gasteiger partial charge in [0.25, 0.3) is 5.95 Å². The molecule has 0 amide bonds. The Labute approximate surface area is 185 Å². The minimum Gasteiger partial charge on any atom is -0.497 e. The van der Waals surface area contributed by atoms with E-state index >= 15 is 0 Å². The maximum atomic E-state index is 13.5. The van der Waals surface area contributed by atoms with Crippen LogP contribution in [0.2, 0.25) is 0 Å². The summed E-state index contributed by atoms with van der Waals surface area (Å²) in [7, 11) is 1.57. The van der Waals surface area contributed by atoms with Crippen molar-refractivity contribution in [3.8, 4) is 23.5 Å². The van der Waals surface area contributed by atoms with Crippen molar-refractivity contribution in [2.24, 2.45) is 5.73 Å². The number of allylic oxidation sites excluding steroid dienone is 1. The summed E-state index contributed by atoms with van der Waals surface area (Å²) in [6.07, 6.45) is 2.98. The van der Waals surface area contributed by atoms with Crippen molar-refractivity contribution in [3.63, 3.8) is 0 Å². The number of unbranched alkanes of at least 4 members (excludes halogenated alkanes) is 2. The summed E-state index contributed by atoms with van der Waals surface area (Å²) < 4.78 is 22.9. The average Bonchev–Trinajstić information content (AvgIpc) is 2.81. The first-order chi connectivity index (χ1) is 15.6. The number of nitriles is 1. The van der Waals surface area contributed by atoms with E-state index in [1.165, 1.54) is 0 Å². The molecule has 1 atom stereocenters. The number of nitrogens with zero attached hydrogens (tertiary/aromatic N) is 1. The zero-order chi connectivity index (χ0) is 22.7. The normalized spacial score (nSPS) is 15.1. The van der Waals surface area contributed by atoms with E-state index in [0.717, 1.165) is 19.3 Å². The van der Waals surface area contributed by atoms with Crippen LogP contribution >= 0.6 is 0 Å². The molecular formula is C25H24N2O5. The molecule has 2 heterocycles. The Morgan fingerprint density at radius 2 is 2.00 bits per heavy atom. The molecular weight excluding hydrogens is 408 g/mol. The molecule has 2 aromatic carbocycles. The Morgan fingerprint density at radius 3 is 2.75 bits per heavy atom. The lowest BCUT2D eigenvalue weighted by atomic mass is 9.83. The Kier molecular flexibility index (Phi) is 6.04.